The molecule has 136 valence electrons. The fraction of sp³-hybridized carbons (Fsp3) is 0. The van der Waals surface area contributed by atoms with Gasteiger partial charge >= 0.3 is 0 Å². The molecule has 4 aromatic rings. The number of aromatic nitrogens is 3. The topological polar surface area (TPSA) is 94.0 Å². The van der Waals surface area contributed by atoms with Gasteiger partial charge in [0.15, 0.2) is 11.0 Å². The zero-order valence-electron chi connectivity index (χ0n) is 13.5. The maximum absolute atomic E-state index is 12.5. The Bertz CT molecular complexity index is 1280. The van der Waals surface area contributed by atoms with Gasteiger partial charge in [-0.05, 0) is 48.5 Å². The number of sulfonamides is 1. The molecule has 0 spiro atoms. The fourth-order valence-electron chi connectivity index (χ4n) is 2.47. The van der Waals surface area contributed by atoms with Gasteiger partial charge in [0.2, 0.25) is 0 Å². The van der Waals surface area contributed by atoms with E-state index in [-0.39, 0.29) is 21.4 Å². The number of rotatable bonds is 4. The van der Waals surface area contributed by atoms with Gasteiger partial charge in [-0.3, -0.25) is 9.52 Å². The number of nitrogens with zero attached hydrogens (tertiary/aromatic N) is 3. The third-order valence-corrected chi connectivity index (χ3v) is 6.43. The van der Waals surface area contributed by atoms with Crippen LogP contribution >= 0.6 is 23.1 Å². The van der Waals surface area contributed by atoms with Crippen LogP contribution in [0.25, 0.3) is 15.8 Å². The van der Waals surface area contributed by atoms with Crippen molar-refractivity contribution in [1.82, 2.24) is 14.2 Å². The van der Waals surface area contributed by atoms with E-state index in [0.29, 0.717) is 11.1 Å². The van der Waals surface area contributed by atoms with E-state index in [0.717, 1.165) is 4.70 Å². The van der Waals surface area contributed by atoms with Gasteiger partial charge in [-0.2, -0.15) is 0 Å². The average Bonchev–Trinajstić information content (AvgIpc) is 3.01. The molecule has 0 aliphatic heterocycles. The molecule has 1 N–H and O–H groups in total. The van der Waals surface area contributed by atoms with Crippen LogP contribution in [0, 0.1) is 0 Å². The van der Waals surface area contributed by atoms with E-state index in [1.54, 1.807) is 18.2 Å². The maximum atomic E-state index is 12.5. The third-order valence-electron chi connectivity index (χ3n) is 3.74. The first-order valence-corrected chi connectivity index (χ1v) is 10.3. The van der Waals surface area contributed by atoms with E-state index in [2.05, 4.69) is 14.9 Å². The highest BCUT2D eigenvalue weighted by atomic mass is 35.5. The minimum Gasteiger partial charge on any atom is -0.267 e. The molecule has 0 bridgehead atoms. The monoisotopic (exact) mass is 418 g/mol. The molecule has 0 aliphatic rings. The molecular weight excluding hydrogens is 408 g/mol. The predicted molar refractivity (Wildman–Crippen MR) is 105 cm³/mol. The first-order chi connectivity index (χ1) is 12.9. The lowest BCUT2D eigenvalue weighted by molar-refractivity contribution is 0.601. The number of hydrogen-bond donors (Lipinski definition) is 1. The molecule has 0 unspecified atom stereocenters. The number of nitrogens with one attached hydrogen (secondary N) is 1. The second-order valence-electron chi connectivity index (χ2n) is 5.53. The van der Waals surface area contributed by atoms with Crippen LogP contribution < -0.4 is 10.3 Å². The van der Waals surface area contributed by atoms with E-state index in [4.69, 9.17) is 11.6 Å². The zero-order valence-corrected chi connectivity index (χ0v) is 15.9. The Morgan fingerprint density at radius 1 is 0.963 bits per heavy atom. The highest BCUT2D eigenvalue weighted by molar-refractivity contribution is 7.92. The second-order valence-corrected chi connectivity index (χ2v) is 8.58. The van der Waals surface area contributed by atoms with Gasteiger partial charge in [-0.1, -0.05) is 35.3 Å². The van der Waals surface area contributed by atoms with Crippen LogP contribution in [-0.4, -0.2) is 22.6 Å². The molecule has 0 aliphatic carbocycles. The molecule has 4 rings (SSSR count). The van der Waals surface area contributed by atoms with Crippen LogP contribution in [0.1, 0.15) is 0 Å². The first-order valence-electron chi connectivity index (χ1n) is 7.68. The summed E-state index contributed by atoms with van der Waals surface area (Å²) in [5, 5.41) is 8.06. The fourth-order valence-corrected chi connectivity index (χ4v) is 4.57. The quantitative estimate of drug-likeness (QED) is 0.548. The van der Waals surface area contributed by atoms with Crippen molar-refractivity contribution < 1.29 is 8.42 Å². The number of anilines is 1. The van der Waals surface area contributed by atoms with Crippen molar-refractivity contribution >= 4 is 49.1 Å². The van der Waals surface area contributed by atoms with Crippen LogP contribution in [0.3, 0.4) is 0 Å². The Balaban J connectivity index is 1.66. The molecule has 10 heteroatoms. The summed E-state index contributed by atoms with van der Waals surface area (Å²) in [6.07, 6.45) is 0. The van der Waals surface area contributed by atoms with E-state index >= 15 is 0 Å². The molecule has 0 saturated heterocycles. The minimum absolute atomic E-state index is 0.0390. The van der Waals surface area contributed by atoms with E-state index in [9.17, 15) is 13.2 Å². The highest BCUT2D eigenvalue weighted by Crippen LogP contribution is 2.21. The van der Waals surface area contributed by atoms with Gasteiger partial charge in [-0.15, -0.1) is 10.2 Å². The molecule has 27 heavy (non-hydrogen) atoms. The summed E-state index contributed by atoms with van der Waals surface area (Å²) >= 11 is 6.94. The van der Waals surface area contributed by atoms with Gasteiger partial charge in [0.05, 0.1) is 20.7 Å². The zero-order chi connectivity index (χ0) is 19.0. The summed E-state index contributed by atoms with van der Waals surface area (Å²) in [4.78, 5) is 12.5. The summed E-state index contributed by atoms with van der Waals surface area (Å²) in [5.41, 5.74) is 0.451. The lowest BCUT2D eigenvalue weighted by Gasteiger charge is -2.07. The van der Waals surface area contributed by atoms with Gasteiger partial charge < -0.3 is 0 Å². The van der Waals surface area contributed by atoms with Gasteiger partial charge in [0.25, 0.3) is 15.6 Å². The standard InChI is InChI=1S/C17H11ClN4O3S2/c18-15-9-10-16(20-19-15)21-27(24,25)12-7-5-11(6-8-12)22-17(23)13-3-1-2-4-14(13)26-22/h1-10H,(H,20,21). The van der Waals surface area contributed by atoms with Crippen molar-refractivity contribution in [2.45, 2.75) is 4.90 Å². The molecule has 2 aromatic heterocycles. The molecule has 0 amide bonds. The minimum atomic E-state index is -3.84. The average molecular weight is 419 g/mol. The van der Waals surface area contributed by atoms with Crippen LogP contribution in [0.15, 0.2) is 70.4 Å². The van der Waals surface area contributed by atoms with Crippen molar-refractivity contribution in [3.05, 3.63) is 76.2 Å². The molecule has 2 aromatic carbocycles. The van der Waals surface area contributed by atoms with Gasteiger partial charge in [-0.25, -0.2) is 12.4 Å². The summed E-state index contributed by atoms with van der Waals surface area (Å²) in [6.45, 7) is 0. The van der Waals surface area contributed by atoms with Crippen molar-refractivity contribution in [1.29, 1.82) is 0 Å². The Labute approximate surface area is 163 Å². The smallest absolute Gasteiger partial charge is 0.267 e. The summed E-state index contributed by atoms with van der Waals surface area (Å²) in [6, 6.07) is 16.2. The number of benzene rings is 2. The van der Waals surface area contributed by atoms with Crippen LogP contribution in [0.4, 0.5) is 5.82 Å². The second kappa shape index (κ2) is 6.76. The molecule has 0 atom stereocenters. The van der Waals surface area contributed by atoms with Crippen LogP contribution in [0.5, 0.6) is 0 Å². The van der Waals surface area contributed by atoms with Gasteiger partial charge in [0, 0.05) is 0 Å². The summed E-state index contributed by atoms with van der Waals surface area (Å²) in [5.74, 6) is 0.0594. The Morgan fingerprint density at radius 3 is 2.37 bits per heavy atom. The normalized spacial score (nSPS) is 11.6. The summed E-state index contributed by atoms with van der Waals surface area (Å²) in [7, 11) is -3.84. The molecule has 2 heterocycles. The number of fused-ring (bicyclic) bond motifs is 1. The third kappa shape index (κ3) is 3.44. The van der Waals surface area contributed by atoms with Crippen LogP contribution in [0.2, 0.25) is 5.15 Å². The highest BCUT2D eigenvalue weighted by Gasteiger charge is 2.16. The Morgan fingerprint density at radius 2 is 1.70 bits per heavy atom. The molecule has 7 nitrogen and oxygen atoms in total. The molecule has 0 radical (unpaired) electrons. The van der Waals surface area contributed by atoms with Crippen molar-refractivity contribution in [3.8, 4) is 5.69 Å². The van der Waals surface area contributed by atoms with Crippen molar-refractivity contribution in [2.24, 2.45) is 0 Å². The number of halogens is 1. The largest absolute Gasteiger partial charge is 0.273 e. The van der Waals surface area contributed by atoms with E-state index in [1.165, 1.54) is 39.8 Å². The lowest BCUT2D eigenvalue weighted by Crippen LogP contribution is -2.15. The predicted octanol–water partition coefficient (Wildman–Crippen LogP) is 3.30. The first kappa shape index (κ1) is 17.7. The molecule has 0 saturated carbocycles. The maximum Gasteiger partial charge on any atom is 0.273 e. The van der Waals surface area contributed by atoms with E-state index in [1.807, 2.05) is 18.2 Å². The lowest BCUT2D eigenvalue weighted by atomic mass is 10.3. The van der Waals surface area contributed by atoms with Crippen molar-refractivity contribution in [3.63, 3.8) is 0 Å². The van der Waals surface area contributed by atoms with Crippen molar-refractivity contribution in [2.75, 3.05) is 4.72 Å². The molecular formula is C17H11ClN4O3S2. The van der Waals surface area contributed by atoms with E-state index < -0.39 is 10.0 Å². The molecule has 0 fully saturated rings. The van der Waals surface area contributed by atoms with Crippen LogP contribution in [-0.2, 0) is 10.0 Å². The van der Waals surface area contributed by atoms with Gasteiger partial charge in [0.1, 0.15) is 0 Å². The Kier molecular flexibility index (Phi) is 4.42. The number of hydrogen-bond acceptors (Lipinski definition) is 6. The summed E-state index contributed by atoms with van der Waals surface area (Å²) < 4.78 is 29.6. The Hall–Kier alpha value is -2.75. The SMILES string of the molecule is O=c1c2ccccc2sn1-c1ccc(S(=O)(=O)Nc2ccc(Cl)nn2)cc1.